The van der Waals surface area contributed by atoms with E-state index in [0.717, 1.165) is 42.9 Å². The van der Waals surface area contributed by atoms with Crippen molar-refractivity contribution in [1.82, 2.24) is 14.9 Å². The first-order valence-electron chi connectivity index (χ1n) is 15.9. The number of rotatable bonds is 9. The summed E-state index contributed by atoms with van der Waals surface area (Å²) >= 11 is 0. The van der Waals surface area contributed by atoms with E-state index in [2.05, 4.69) is 64.5 Å². The Hall–Kier alpha value is -4.16. The van der Waals surface area contributed by atoms with Crippen molar-refractivity contribution in [3.63, 3.8) is 0 Å². The Bertz CT molecular complexity index is 1560. The van der Waals surface area contributed by atoms with E-state index in [4.69, 9.17) is 26.0 Å². The van der Waals surface area contributed by atoms with Gasteiger partial charge in [-0.3, -0.25) is 4.79 Å². The average Bonchev–Trinajstić information content (AvgIpc) is 3.56. The minimum atomic E-state index is -0.236. The Morgan fingerprint density at radius 3 is 2.70 bits per heavy atom. The lowest BCUT2D eigenvalue weighted by atomic mass is 9.99. The number of carbonyl (C=O) groups excluding carboxylic acids is 1. The zero-order valence-electron chi connectivity index (χ0n) is 25.9. The Morgan fingerprint density at radius 1 is 1.14 bits per heavy atom. The monoisotopic (exact) mass is 594 g/mol. The highest BCUT2D eigenvalue weighted by atomic mass is 16.5. The summed E-state index contributed by atoms with van der Waals surface area (Å²) in [4.78, 5) is 32.6. The molecular weight excluding hydrogens is 552 g/mol. The van der Waals surface area contributed by atoms with Crippen LogP contribution in [-0.2, 0) is 22.5 Å². The van der Waals surface area contributed by atoms with E-state index in [0.29, 0.717) is 44.9 Å². The Morgan fingerprint density at radius 2 is 1.93 bits per heavy atom. The van der Waals surface area contributed by atoms with Crippen LogP contribution < -0.4 is 14.5 Å². The second kappa shape index (κ2) is 13.2. The van der Waals surface area contributed by atoms with Gasteiger partial charge in [0.25, 0.3) is 0 Å². The molecule has 1 aliphatic carbocycles. The van der Waals surface area contributed by atoms with Gasteiger partial charge in [0.05, 0.1) is 24.4 Å². The molecule has 2 aliphatic heterocycles. The number of piperazine rings is 1. The van der Waals surface area contributed by atoms with E-state index in [9.17, 15) is 4.79 Å². The molecule has 230 valence electrons. The molecule has 1 aromatic heterocycles. The first kappa shape index (κ1) is 29.9. The number of anilines is 2. The van der Waals surface area contributed by atoms with Gasteiger partial charge in [-0.25, -0.2) is 6.57 Å². The van der Waals surface area contributed by atoms with Crippen LogP contribution in [0.1, 0.15) is 49.4 Å². The number of carbonyl (C=O) groups is 1. The molecule has 2 atom stereocenters. The molecule has 0 spiro atoms. The lowest BCUT2D eigenvalue weighted by Gasteiger charge is -2.41. The van der Waals surface area contributed by atoms with Crippen molar-refractivity contribution >= 4 is 28.2 Å². The Kier molecular flexibility index (Phi) is 8.99. The number of hydrogen-bond acceptors (Lipinski definition) is 7. The number of benzene rings is 2. The van der Waals surface area contributed by atoms with Crippen molar-refractivity contribution in [2.45, 2.75) is 70.7 Å². The summed E-state index contributed by atoms with van der Waals surface area (Å²) in [5, 5.41) is 2.50. The molecule has 0 bridgehead atoms. The number of aryl methyl sites for hydroxylation is 1. The molecule has 1 saturated heterocycles. The largest absolute Gasteiger partial charge is 0.461 e. The highest BCUT2D eigenvalue weighted by Crippen LogP contribution is 2.36. The summed E-state index contributed by atoms with van der Waals surface area (Å²) < 4.78 is 12.5. The van der Waals surface area contributed by atoms with Crippen LogP contribution in [-0.4, -0.2) is 78.4 Å². The molecule has 0 unspecified atom stereocenters. The zero-order valence-corrected chi connectivity index (χ0v) is 25.9. The van der Waals surface area contributed by atoms with Crippen LogP contribution in [0, 0.1) is 13.5 Å². The van der Waals surface area contributed by atoms with Gasteiger partial charge in [-0.05, 0) is 56.2 Å². The maximum absolute atomic E-state index is 12.6. The van der Waals surface area contributed by atoms with Crippen LogP contribution in [0.4, 0.5) is 11.5 Å². The number of aromatic nitrogens is 2. The number of ether oxygens (including phenoxy) is 2. The summed E-state index contributed by atoms with van der Waals surface area (Å²) in [5.74, 6) is 0.716. The van der Waals surface area contributed by atoms with Crippen molar-refractivity contribution in [2.75, 3.05) is 49.1 Å². The fourth-order valence-electron chi connectivity index (χ4n) is 6.99. The van der Waals surface area contributed by atoms with Gasteiger partial charge in [-0.15, -0.1) is 0 Å². The molecule has 2 aromatic carbocycles. The lowest BCUT2D eigenvalue weighted by molar-refractivity contribution is -0.128. The number of hydrogen-bond donors (Lipinski definition) is 0. The smallest absolute Gasteiger partial charge is 0.318 e. The molecule has 2 fully saturated rings. The molecule has 3 aliphatic rings. The zero-order chi connectivity index (χ0) is 30.6. The van der Waals surface area contributed by atoms with E-state index < -0.39 is 0 Å². The molecule has 0 radical (unpaired) electrons. The van der Waals surface area contributed by atoms with Crippen molar-refractivity contribution in [3.05, 3.63) is 77.3 Å². The van der Waals surface area contributed by atoms with E-state index in [-0.39, 0.29) is 24.6 Å². The van der Waals surface area contributed by atoms with Crippen LogP contribution in [0.25, 0.3) is 15.6 Å². The summed E-state index contributed by atoms with van der Waals surface area (Å²) in [5.41, 5.74) is 4.54. The molecule has 1 saturated carbocycles. The van der Waals surface area contributed by atoms with Crippen LogP contribution in [0.2, 0.25) is 0 Å². The standard InChI is InChI=1S/C35H42N6O3/c1-5-32(42)41-19-18-40(21-27(41)20-36-4)34-29-16-17-39(31-15-9-12-26-11-8-10-24(2)33(26)31)22-30(29)37-35(38-34)43-23-25(3)44-28-13-6-7-14-28/h5,8-12,15,25,27-28H,1,6-7,13-14,16-23H2,2-3H3/t25-,27-/m0/s1. The predicted molar refractivity (Wildman–Crippen MR) is 173 cm³/mol. The van der Waals surface area contributed by atoms with E-state index in [1.165, 1.54) is 40.9 Å². The lowest BCUT2D eigenvalue weighted by Crippen LogP contribution is -2.56. The minimum absolute atomic E-state index is 0.0622. The topological polar surface area (TPSA) is 75.4 Å². The van der Waals surface area contributed by atoms with Crippen LogP contribution >= 0.6 is 0 Å². The SMILES string of the molecule is [C-]#[N+]C[C@H]1CN(c2nc(OC[C@H](C)OC3CCCC3)nc3c2CCN(c2cccc4cccc(C)c24)C3)CCN1C(=O)C=C. The molecule has 1 amide bonds. The van der Waals surface area contributed by atoms with E-state index in [1.54, 1.807) is 4.90 Å². The minimum Gasteiger partial charge on any atom is -0.461 e. The van der Waals surface area contributed by atoms with Gasteiger partial charge in [0, 0.05) is 42.8 Å². The van der Waals surface area contributed by atoms with Crippen molar-refractivity contribution in [2.24, 2.45) is 0 Å². The van der Waals surface area contributed by atoms with Crippen LogP contribution in [0.5, 0.6) is 6.01 Å². The van der Waals surface area contributed by atoms with Gasteiger partial charge in [-0.2, -0.15) is 9.97 Å². The maximum atomic E-state index is 12.6. The first-order chi connectivity index (χ1) is 21.4. The quantitative estimate of drug-likeness (QED) is 0.244. The third-order valence-corrected chi connectivity index (χ3v) is 9.17. The molecule has 9 nitrogen and oxygen atoms in total. The predicted octanol–water partition coefficient (Wildman–Crippen LogP) is 5.35. The molecule has 3 aromatic rings. The van der Waals surface area contributed by atoms with Crippen LogP contribution in [0.15, 0.2) is 49.1 Å². The summed E-state index contributed by atoms with van der Waals surface area (Å²) in [6.45, 7) is 19.1. The molecule has 0 N–H and O–H groups in total. The average molecular weight is 595 g/mol. The fraction of sp³-hybridized carbons (Fsp3) is 0.486. The van der Waals surface area contributed by atoms with E-state index in [1.807, 2.05) is 6.92 Å². The number of amides is 1. The van der Waals surface area contributed by atoms with Gasteiger partial charge in [0.2, 0.25) is 12.5 Å². The molecule has 3 heterocycles. The molecule has 6 rings (SSSR count). The van der Waals surface area contributed by atoms with Gasteiger partial charge in [0.15, 0.2) is 0 Å². The van der Waals surface area contributed by atoms with Gasteiger partial charge < -0.3 is 29.0 Å². The Balaban J connectivity index is 1.30. The fourth-order valence-corrected chi connectivity index (χ4v) is 6.99. The summed E-state index contributed by atoms with van der Waals surface area (Å²) in [6.07, 6.45) is 7.04. The second-order valence-corrected chi connectivity index (χ2v) is 12.2. The first-order valence-corrected chi connectivity index (χ1v) is 15.9. The van der Waals surface area contributed by atoms with Gasteiger partial charge in [0.1, 0.15) is 18.5 Å². The number of fused-ring (bicyclic) bond motifs is 2. The second-order valence-electron chi connectivity index (χ2n) is 12.2. The van der Waals surface area contributed by atoms with Gasteiger partial charge >= 0.3 is 6.01 Å². The normalized spacial score (nSPS) is 19.5. The van der Waals surface area contributed by atoms with Crippen LogP contribution in [0.3, 0.4) is 0 Å². The van der Waals surface area contributed by atoms with Crippen molar-refractivity contribution < 1.29 is 14.3 Å². The molecule has 44 heavy (non-hydrogen) atoms. The van der Waals surface area contributed by atoms with E-state index >= 15 is 0 Å². The Labute approximate surface area is 260 Å². The van der Waals surface area contributed by atoms with Crippen molar-refractivity contribution in [3.8, 4) is 6.01 Å². The number of nitrogens with zero attached hydrogens (tertiary/aromatic N) is 6. The van der Waals surface area contributed by atoms with Gasteiger partial charge in [-0.1, -0.05) is 49.8 Å². The molecule has 9 heteroatoms. The summed E-state index contributed by atoms with van der Waals surface area (Å²) in [6, 6.07) is 13.1. The highest BCUT2D eigenvalue weighted by Gasteiger charge is 2.35. The third kappa shape index (κ3) is 6.22. The maximum Gasteiger partial charge on any atom is 0.318 e. The third-order valence-electron chi connectivity index (χ3n) is 9.17. The summed E-state index contributed by atoms with van der Waals surface area (Å²) in [7, 11) is 0. The van der Waals surface area contributed by atoms with Crippen molar-refractivity contribution in [1.29, 1.82) is 0 Å². The molecular formula is C35H42N6O3. The highest BCUT2D eigenvalue weighted by molar-refractivity contribution is 5.97.